The van der Waals surface area contributed by atoms with Crippen molar-refractivity contribution in [2.75, 3.05) is 19.0 Å². The van der Waals surface area contributed by atoms with Crippen LogP contribution in [0.25, 0.3) is 6.08 Å². The summed E-state index contributed by atoms with van der Waals surface area (Å²) in [5, 5.41) is 0. The zero-order valence-corrected chi connectivity index (χ0v) is 13.1. The predicted molar refractivity (Wildman–Crippen MR) is 88.8 cm³/mol. The van der Waals surface area contributed by atoms with E-state index in [0.717, 1.165) is 16.8 Å². The Kier molecular flexibility index (Phi) is 6.20. The van der Waals surface area contributed by atoms with E-state index in [-0.39, 0.29) is 0 Å². The number of rotatable bonds is 8. The van der Waals surface area contributed by atoms with Gasteiger partial charge in [-0.25, -0.2) is 0 Å². The third-order valence-corrected chi connectivity index (χ3v) is 3.11. The summed E-state index contributed by atoms with van der Waals surface area (Å²) in [6.45, 7) is 0.732. The number of nitrogens with zero attached hydrogens (tertiary/aromatic N) is 1. The van der Waals surface area contributed by atoms with Crippen LogP contribution >= 0.6 is 0 Å². The molecular formula is C18H19NO4. The van der Waals surface area contributed by atoms with Gasteiger partial charge in [-0.05, 0) is 41.5 Å². The van der Waals surface area contributed by atoms with Gasteiger partial charge in [0.05, 0.1) is 6.26 Å². The molecule has 0 fully saturated rings. The molecule has 0 heterocycles. The van der Waals surface area contributed by atoms with Crippen molar-refractivity contribution in [3.63, 3.8) is 0 Å². The van der Waals surface area contributed by atoms with Crippen LogP contribution in [0.1, 0.15) is 11.1 Å². The normalized spacial score (nSPS) is 10.5. The van der Waals surface area contributed by atoms with E-state index in [2.05, 4.69) is 4.74 Å². The van der Waals surface area contributed by atoms with Gasteiger partial charge in [0.2, 0.25) is 0 Å². The highest BCUT2D eigenvalue weighted by atomic mass is 17.2. The molecule has 0 saturated heterocycles. The Bertz CT molecular complexity index is 633. The maximum Gasteiger partial charge on any atom is 0.297 e. The molecule has 2 aromatic carbocycles. The second-order valence-corrected chi connectivity index (χ2v) is 5.01. The molecule has 0 saturated carbocycles. The Labute approximate surface area is 135 Å². The van der Waals surface area contributed by atoms with Gasteiger partial charge >= 0.3 is 0 Å². The first-order valence-electron chi connectivity index (χ1n) is 7.10. The van der Waals surface area contributed by atoms with E-state index in [1.54, 1.807) is 18.2 Å². The molecule has 2 aromatic rings. The van der Waals surface area contributed by atoms with Crippen LogP contribution in [-0.2, 0) is 21.0 Å². The lowest BCUT2D eigenvalue weighted by molar-refractivity contribution is -0.217. The second-order valence-electron chi connectivity index (χ2n) is 5.01. The van der Waals surface area contributed by atoms with Crippen LogP contribution in [0, 0.1) is 0 Å². The van der Waals surface area contributed by atoms with Gasteiger partial charge in [0.25, 0.3) is 6.47 Å². The van der Waals surface area contributed by atoms with E-state index in [0.29, 0.717) is 18.8 Å². The number of hydrogen-bond donors (Lipinski definition) is 0. The van der Waals surface area contributed by atoms with Crippen LogP contribution in [0.4, 0.5) is 5.69 Å². The molecule has 0 spiro atoms. The summed E-state index contributed by atoms with van der Waals surface area (Å²) in [5.41, 5.74) is 3.05. The van der Waals surface area contributed by atoms with Gasteiger partial charge in [0.1, 0.15) is 6.61 Å². The van der Waals surface area contributed by atoms with Crippen LogP contribution in [0.2, 0.25) is 0 Å². The highest BCUT2D eigenvalue weighted by Crippen LogP contribution is 2.16. The molecule has 0 aromatic heterocycles. The van der Waals surface area contributed by atoms with Gasteiger partial charge in [-0.1, -0.05) is 24.3 Å². The van der Waals surface area contributed by atoms with Gasteiger partial charge in [0.15, 0.2) is 5.75 Å². The molecule has 0 bridgehead atoms. The third kappa shape index (κ3) is 5.48. The first-order chi connectivity index (χ1) is 11.2. The minimum absolute atomic E-state index is 0.364. The summed E-state index contributed by atoms with van der Waals surface area (Å²) in [4.78, 5) is 22.6. The van der Waals surface area contributed by atoms with Gasteiger partial charge < -0.3 is 14.5 Å². The van der Waals surface area contributed by atoms with Crippen molar-refractivity contribution >= 4 is 18.2 Å². The average molecular weight is 313 g/mol. The topological polar surface area (TPSA) is 48.0 Å². The van der Waals surface area contributed by atoms with Gasteiger partial charge in [-0.3, -0.25) is 4.79 Å². The Morgan fingerprint density at radius 3 is 2.30 bits per heavy atom. The lowest BCUT2D eigenvalue weighted by Crippen LogP contribution is -2.08. The molecule has 0 aliphatic heterocycles. The van der Waals surface area contributed by atoms with Crippen LogP contribution in [0.15, 0.2) is 54.8 Å². The maximum absolute atomic E-state index is 10.0. The number of hydrogen-bond acceptors (Lipinski definition) is 5. The summed E-state index contributed by atoms with van der Waals surface area (Å²) < 4.78 is 4.48. The molecule has 5 heteroatoms. The lowest BCUT2D eigenvalue weighted by atomic mass is 10.2. The molecule has 0 unspecified atom stereocenters. The monoisotopic (exact) mass is 313 g/mol. The molecule has 120 valence electrons. The zero-order chi connectivity index (χ0) is 16.5. The van der Waals surface area contributed by atoms with Crippen molar-refractivity contribution in [2.45, 2.75) is 6.61 Å². The van der Waals surface area contributed by atoms with Crippen molar-refractivity contribution < 1.29 is 19.3 Å². The summed E-state index contributed by atoms with van der Waals surface area (Å²) in [6, 6.07) is 15.3. The summed E-state index contributed by atoms with van der Waals surface area (Å²) >= 11 is 0. The fraction of sp³-hybridized carbons (Fsp3) is 0.167. The number of benzene rings is 2. The quantitative estimate of drug-likeness (QED) is 0.323. The van der Waals surface area contributed by atoms with E-state index in [4.69, 9.17) is 9.78 Å². The van der Waals surface area contributed by atoms with Gasteiger partial charge in [-0.15, -0.1) is 0 Å². The van der Waals surface area contributed by atoms with E-state index in [1.165, 1.54) is 6.26 Å². The Balaban J connectivity index is 1.80. The molecule has 0 atom stereocenters. The third-order valence-electron chi connectivity index (χ3n) is 3.11. The number of ether oxygens (including phenoxy) is 1. The maximum atomic E-state index is 10.0. The van der Waals surface area contributed by atoms with Crippen LogP contribution in [0.3, 0.4) is 0 Å². The Morgan fingerprint density at radius 1 is 1.00 bits per heavy atom. The van der Waals surface area contributed by atoms with E-state index >= 15 is 0 Å². The van der Waals surface area contributed by atoms with Crippen LogP contribution < -0.4 is 9.79 Å². The molecule has 0 N–H and O–H groups in total. The molecular weight excluding hydrogens is 294 g/mol. The summed E-state index contributed by atoms with van der Waals surface area (Å²) in [5.74, 6) is 0.600. The first kappa shape index (κ1) is 16.6. The minimum atomic E-state index is 0.364. The molecule has 5 nitrogen and oxygen atoms in total. The lowest BCUT2D eigenvalue weighted by Gasteiger charge is -2.12. The smallest absolute Gasteiger partial charge is 0.297 e. The highest BCUT2D eigenvalue weighted by Gasteiger charge is 1.99. The standard InChI is InChI=1S/C18H19NO4/c1-19(2)17-7-3-16(4-8-17)13-22-23-18-9-5-15(6-10-18)11-12-21-14-20/h3-12,14H,13H2,1-2H3. The minimum Gasteiger partial charge on any atom is -0.437 e. The fourth-order valence-corrected chi connectivity index (χ4v) is 1.84. The molecule has 23 heavy (non-hydrogen) atoms. The molecule has 0 radical (unpaired) electrons. The summed E-state index contributed by atoms with van der Waals surface area (Å²) in [6.07, 6.45) is 2.99. The molecule has 0 amide bonds. The van der Waals surface area contributed by atoms with Crippen molar-refractivity contribution in [2.24, 2.45) is 0 Å². The predicted octanol–water partition coefficient (Wildman–Crippen LogP) is 3.41. The average Bonchev–Trinajstić information content (AvgIpc) is 2.57. The van der Waals surface area contributed by atoms with Gasteiger partial charge in [0, 0.05) is 19.8 Å². The Morgan fingerprint density at radius 2 is 1.70 bits per heavy atom. The number of anilines is 1. The molecule has 0 aliphatic rings. The van der Waals surface area contributed by atoms with Crippen LogP contribution in [-0.4, -0.2) is 20.6 Å². The van der Waals surface area contributed by atoms with Crippen molar-refractivity contribution in [1.82, 2.24) is 0 Å². The largest absolute Gasteiger partial charge is 0.437 e. The van der Waals surface area contributed by atoms with Gasteiger partial charge in [-0.2, -0.15) is 4.89 Å². The fourth-order valence-electron chi connectivity index (χ4n) is 1.84. The number of carbonyl (C=O) groups excluding carboxylic acids is 1. The SMILES string of the molecule is CN(C)c1ccc(COOc2ccc(C=COC=O)cc2)cc1. The van der Waals surface area contributed by atoms with E-state index in [9.17, 15) is 4.79 Å². The Hall–Kier alpha value is -2.79. The summed E-state index contributed by atoms with van der Waals surface area (Å²) in [7, 11) is 4.00. The van der Waals surface area contributed by atoms with Crippen molar-refractivity contribution in [3.8, 4) is 5.75 Å². The van der Waals surface area contributed by atoms with Crippen molar-refractivity contribution in [1.29, 1.82) is 0 Å². The van der Waals surface area contributed by atoms with Crippen LogP contribution in [0.5, 0.6) is 5.75 Å². The zero-order valence-electron chi connectivity index (χ0n) is 13.1. The molecule has 2 rings (SSSR count). The first-order valence-corrected chi connectivity index (χ1v) is 7.10. The van der Waals surface area contributed by atoms with Crippen molar-refractivity contribution in [3.05, 3.63) is 65.9 Å². The molecule has 0 aliphatic carbocycles. The number of carbonyl (C=O) groups is 1. The van der Waals surface area contributed by atoms with E-state index in [1.807, 2.05) is 55.4 Å². The second kappa shape index (κ2) is 8.60. The highest BCUT2D eigenvalue weighted by molar-refractivity contribution is 5.51. The van der Waals surface area contributed by atoms with E-state index < -0.39 is 0 Å².